The van der Waals surface area contributed by atoms with Gasteiger partial charge in [-0.05, 0) is 88.1 Å². The molecule has 0 unspecified atom stereocenters. The van der Waals surface area contributed by atoms with Crippen LogP contribution in [0.1, 0.15) is 0 Å². The van der Waals surface area contributed by atoms with Crippen LogP contribution in [0.2, 0.25) is 0 Å². The fourth-order valence-corrected chi connectivity index (χ4v) is 9.95. The zero-order chi connectivity index (χ0) is 31.8. The Balaban J connectivity index is 1.08. The summed E-state index contributed by atoms with van der Waals surface area (Å²) in [5.41, 5.74) is 12.6. The van der Waals surface area contributed by atoms with Crippen molar-refractivity contribution in [3.8, 4) is 33.6 Å². The summed E-state index contributed by atoms with van der Waals surface area (Å²) in [4.78, 5) is 0. The minimum absolute atomic E-state index is 1.16. The van der Waals surface area contributed by atoms with Gasteiger partial charge in [0.2, 0.25) is 0 Å². The van der Waals surface area contributed by atoms with E-state index < -0.39 is 0 Å². The third kappa shape index (κ3) is 3.30. The van der Waals surface area contributed by atoms with Gasteiger partial charge in [0, 0.05) is 58.7 Å². The molecule has 12 rings (SSSR count). The van der Waals surface area contributed by atoms with Crippen LogP contribution in [-0.2, 0) is 0 Å². The zero-order valence-corrected chi connectivity index (χ0v) is 27.1. The molecule has 8 aromatic carbocycles. The van der Waals surface area contributed by atoms with E-state index in [0.717, 1.165) is 5.69 Å². The molecule has 0 saturated carbocycles. The lowest BCUT2D eigenvalue weighted by Gasteiger charge is -2.12. The Kier molecular flexibility index (Phi) is 4.89. The lowest BCUT2D eigenvalue weighted by molar-refractivity contribution is 1.15. The highest BCUT2D eigenvalue weighted by atomic mass is 32.1. The summed E-state index contributed by atoms with van der Waals surface area (Å²) in [5.74, 6) is 0. The van der Waals surface area contributed by atoms with Gasteiger partial charge >= 0.3 is 0 Å². The van der Waals surface area contributed by atoms with Crippen molar-refractivity contribution in [1.29, 1.82) is 0 Å². The largest absolute Gasteiger partial charge is 0.309 e. The van der Waals surface area contributed by atoms with Crippen molar-refractivity contribution in [2.24, 2.45) is 0 Å². The predicted octanol–water partition coefficient (Wildman–Crippen LogP) is 13.0. The van der Waals surface area contributed by atoms with Crippen molar-refractivity contribution in [2.75, 3.05) is 0 Å². The quantitative estimate of drug-likeness (QED) is 0.178. The van der Waals surface area contributed by atoms with E-state index in [9.17, 15) is 0 Å². The number of aromatic nitrogens is 2. The molecule has 0 fully saturated rings. The van der Waals surface area contributed by atoms with E-state index in [1.165, 1.54) is 102 Å². The molecule has 3 heteroatoms. The molecule has 3 heterocycles. The molecule has 0 N–H and O–H groups in total. The number of para-hydroxylation sites is 2. The molecule has 3 aromatic heterocycles. The van der Waals surface area contributed by atoms with E-state index in [2.05, 4.69) is 167 Å². The molecule has 11 aromatic rings. The van der Waals surface area contributed by atoms with Gasteiger partial charge in [0.05, 0.1) is 22.1 Å². The molecule has 0 aliphatic heterocycles. The number of hydrogen-bond donors (Lipinski definition) is 0. The van der Waals surface area contributed by atoms with Crippen molar-refractivity contribution in [3.63, 3.8) is 0 Å². The second kappa shape index (κ2) is 9.25. The predicted molar refractivity (Wildman–Crippen MR) is 210 cm³/mol. The zero-order valence-electron chi connectivity index (χ0n) is 26.3. The van der Waals surface area contributed by atoms with Crippen molar-refractivity contribution in [1.82, 2.24) is 9.13 Å². The molecule has 49 heavy (non-hydrogen) atoms. The molecule has 0 saturated heterocycles. The molecule has 0 bridgehead atoms. The van der Waals surface area contributed by atoms with Crippen LogP contribution in [0.15, 0.2) is 158 Å². The Labute approximate surface area is 285 Å². The minimum Gasteiger partial charge on any atom is -0.309 e. The van der Waals surface area contributed by atoms with E-state index in [0.29, 0.717) is 0 Å². The molecule has 0 spiro atoms. The van der Waals surface area contributed by atoms with Crippen molar-refractivity contribution in [3.05, 3.63) is 158 Å². The summed E-state index contributed by atoms with van der Waals surface area (Å²) in [5, 5.41) is 10.5. The van der Waals surface area contributed by atoms with Gasteiger partial charge in [0.1, 0.15) is 0 Å². The van der Waals surface area contributed by atoms with Crippen LogP contribution in [0.5, 0.6) is 0 Å². The van der Waals surface area contributed by atoms with E-state index in [1.807, 2.05) is 11.3 Å². The second-order valence-electron chi connectivity index (χ2n) is 13.3. The summed E-state index contributed by atoms with van der Waals surface area (Å²) < 4.78 is 7.55. The van der Waals surface area contributed by atoms with E-state index in [4.69, 9.17) is 0 Å². The van der Waals surface area contributed by atoms with Gasteiger partial charge < -0.3 is 9.13 Å². The summed E-state index contributed by atoms with van der Waals surface area (Å²) in [6, 6.07) is 58.6. The topological polar surface area (TPSA) is 9.86 Å². The first-order valence-corrected chi connectivity index (χ1v) is 17.7. The molecule has 2 nitrogen and oxygen atoms in total. The smallest absolute Gasteiger partial charge is 0.0555 e. The molecular weight excluding hydrogens is 613 g/mol. The highest BCUT2D eigenvalue weighted by Crippen LogP contribution is 2.52. The van der Waals surface area contributed by atoms with Gasteiger partial charge in [0.25, 0.3) is 0 Å². The summed E-state index contributed by atoms with van der Waals surface area (Å²) in [7, 11) is 0. The fraction of sp³-hybridized carbons (Fsp3) is 0. The standard InChI is InChI=1S/C46H26N2S/c1-4-16-38-30(11-1)36-25-37-31-12-3-6-18-42(31)49-43(37)26-41(36)48(38)29-21-19-28(20-22-29)47-39-17-5-2-13-34(39)46-40(47)24-23-33-32-14-7-9-27-10-8-15-35(44(27)32)45(33)46/h1-26H. The maximum absolute atomic E-state index is 2.45. The first kappa shape index (κ1) is 25.9. The Morgan fingerprint density at radius 1 is 0.347 bits per heavy atom. The molecule has 1 aliphatic rings. The van der Waals surface area contributed by atoms with Crippen LogP contribution in [-0.4, -0.2) is 9.13 Å². The number of fused-ring (bicyclic) bond motifs is 13. The SMILES string of the molecule is c1cc2c3c(cccc3c1)-c1c-2ccc2c1c1ccccc1n2-c1ccc(-n2c3ccccc3c3cc4c(cc32)sc2ccccc24)cc1. The lowest BCUT2D eigenvalue weighted by atomic mass is 9.98. The molecule has 1 aliphatic carbocycles. The van der Waals surface area contributed by atoms with Gasteiger partial charge in [-0.2, -0.15) is 0 Å². The minimum atomic E-state index is 1.16. The number of hydrogen-bond acceptors (Lipinski definition) is 1. The van der Waals surface area contributed by atoms with Crippen LogP contribution < -0.4 is 0 Å². The van der Waals surface area contributed by atoms with E-state index >= 15 is 0 Å². The summed E-state index contributed by atoms with van der Waals surface area (Å²) >= 11 is 1.88. The maximum Gasteiger partial charge on any atom is 0.0555 e. The Morgan fingerprint density at radius 3 is 1.80 bits per heavy atom. The Hall–Kier alpha value is -6.16. The van der Waals surface area contributed by atoms with Crippen molar-refractivity contribution >= 4 is 85.9 Å². The summed E-state index contributed by atoms with van der Waals surface area (Å²) in [6.45, 7) is 0. The van der Waals surface area contributed by atoms with Gasteiger partial charge in [-0.25, -0.2) is 0 Å². The van der Waals surface area contributed by atoms with Crippen LogP contribution in [0.4, 0.5) is 0 Å². The first-order valence-electron chi connectivity index (χ1n) is 16.9. The third-order valence-corrected chi connectivity index (χ3v) is 12.0. The Morgan fingerprint density at radius 2 is 1.00 bits per heavy atom. The van der Waals surface area contributed by atoms with Crippen molar-refractivity contribution in [2.45, 2.75) is 0 Å². The average Bonchev–Trinajstić information content (AvgIpc) is 3.88. The monoisotopic (exact) mass is 638 g/mol. The fourth-order valence-electron chi connectivity index (χ4n) is 8.83. The van der Waals surface area contributed by atoms with Gasteiger partial charge in [0.15, 0.2) is 0 Å². The van der Waals surface area contributed by atoms with Crippen LogP contribution in [0.3, 0.4) is 0 Å². The van der Waals surface area contributed by atoms with Crippen molar-refractivity contribution < 1.29 is 0 Å². The van der Waals surface area contributed by atoms with Crippen LogP contribution in [0.25, 0.3) is 108 Å². The van der Waals surface area contributed by atoms with Gasteiger partial charge in [-0.1, -0.05) is 97.1 Å². The normalized spacial score (nSPS) is 12.5. The highest BCUT2D eigenvalue weighted by molar-refractivity contribution is 7.25. The Bertz CT molecular complexity index is 3200. The number of rotatable bonds is 2. The number of thiophene rings is 1. The molecule has 0 atom stereocenters. The van der Waals surface area contributed by atoms with Crippen LogP contribution >= 0.6 is 11.3 Å². The lowest BCUT2D eigenvalue weighted by Crippen LogP contribution is -1.97. The average molecular weight is 639 g/mol. The van der Waals surface area contributed by atoms with E-state index in [1.54, 1.807) is 0 Å². The highest BCUT2D eigenvalue weighted by Gasteiger charge is 2.26. The molecule has 226 valence electrons. The number of nitrogens with zero attached hydrogens (tertiary/aromatic N) is 2. The van der Waals surface area contributed by atoms with Crippen LogP contribution in [0, 0.1) is 0 Å². The maximum atomic E-state index is 2.45. The molecule has 0 amide bonds. The van der Waals surface area contributed by atoms with Gasteiger partial charge in [-0.3, -0.25) is 0 Å². The van der Waals surface area contributed by atoms with Gasteiger partial charge in [-0.15, -0.1) is 11.3 Å². The summed E-state index contributed by atoms with van der Waals surface area (Å²) in [6.07, 6.45) is 0. The van der Waals surface area contributed by atoms with E-state index in [-0.39, 0.29) is 0 Å². The number of benzene rings is 8. The molecular formula is C46H26N2S. The first-order chi connectivity index (χ1) is 24.3. The molecule has 0 radical (unpaired) electrons. The third-order valence-electron chi connectivity index (χ3n) is 10.8. The second-order valence-corrected chi connectivity index (χ2v) is 14.4.